The monoisotopic (exact) mass is 383 g/mol. The molecule has 1 amide bonds. The Bertz CT molecular complexity index is 816. The van der Waals surface area contributed by atoms with Gasteiger partial charge in [0.15, 0.2) is 11.6 Å². The second kappa shape index (κ2) is 7.86. The molecule has 2 fully saturated rings. The van der Waals surface area contributed by atoms with Crippen LogP contribution in [0.25, 0.3) is 11.3 Å². The van der Waals surface area contributed by atoms with Crippen LogP contribution in [0.3, 0.4) is 0 Å². The van der Waals surface area contributed by atoms with Gasteiger partial charge in [0, 0.05) is 24.2 Å². The molecule has 0 radical (unpaired) electrons. The summed E-state index contributed by atoms with van der Waals surface area (Å²) in [4.78, 5) is 15.6. The van der Waals surface area contributed by atoms with Crippen molar-refractivity contribution in [1.29, 1.82) is 0 Å². The third-order valence-corrected chi connectivity index (χ3v) is 6.03. The zero-order valence-corrected chi connectivity index (χ0v) is 16.8. The van der Waals surface area contributed by atoms with Crippen LogP contribution in [-0.4, -0.2) is 36.8 Å². The summed E-state index contributed by atoms with van der Waals surface area (Å²) in [6, 6.07) is 7.56. The molecular weight excluding hydrogens is 354 g/mol. The summed E-state index contributed by atoms with van der Waals surface area (Å²) in [6.45, 7) is 3.97. The Hall–Kier alpha value is -2.50. The molecule has 6 nitrogen and oxygen atoms in total. The molecule has 0 bridgehead atoms. The highest BCUT2D eigenvalue weighted by molar-refractivity contribution is 6.04. The number of aromatic nitrogens is 1. The first-order chi connectivity index (χ1) is 13.6. The minimum Gasteiger partial charge on any atom is -0.497 e. The Morgan fingerprint density at radius 2 is 1.79 bits per heavy atom. The van der Waals surface area contributed by atoms with E-state index in [1.165, 1.54) is 6.42 Å². The topological polar surface area (TPSA) is 67.6 Å². The minimum atomic E-state index is -0.161. The zero-order valence-electron chi connectivity index (χ0n) is 16.8. The molecule has 150 valence electrons. The van der Waals surface area contributed by atoms with Crippen molar-refractivity contribution in [2.75, 3.05) is 25.1 Å². The smallest absolute Gasteiger partial charge is 0.259 e. The molecule has 6 heteroatoms. The van der Waals surface area contributed by atoms with E-state index in [-0.39, 0.29) is 11.4 Å². The number of hydrogen-bond donors (Lipinski definition) is 1. The summed E-state index contributed by atoms with van der Waals surface area (Å²) in [7, 11) is 1.64. The van der Waals surface area contributed by atoms with E-state index in [0.29, 0.717) is 17.1 Å². The van der Waals surface area contributed by atoms with Crippen LogP contribution in [0.5, 0.6) is 5.75 Å². The van der Waals surface area contributed by atoms with Crippen molar-refractivity contribution in [2.45, 2.75) is 57.4 Å². The minimum absolute atomic E-state index is 0.0848. The number of benzene rings is 1. The number of ether oxygens (including phenoxy) is 1. The Kier molecular flexibility index (Phi) is 5.29. The molecule has 1 saturated carbocycles. The molecule has 2 aliphatic rings. The molecule has 0 unspecified atom stereocenters. The number of nitrogens with one attached hydrogen (secondary N) is 1. The van der Waals surface area contributed by atoms with E-state index in [2.05, 4.69) is 22.3 Å². The predicted octanol–water partition coefficient (Wildman–Crippen LogP) is 4.40. The van der Waals surface area contributed by atoms with Gasteiger partial charge in [0.05, 0.1) is 7.11 Å². The summed E-state index contributed by atoms with van der Waals surface area (Å²) in [5, 5.41) is 7.62. The third-order valence-electron chi connectivity index (χ3n) is 6.03. The molecule has 2 heterocycles. The van der Waals surface area contributed by atoms with Gasteiger partial charge < -0.3 is 19.5 Å². The van der Waals surface area contributed by atoms with E-state index in [1.54, 1.807) is 7.11 Å². The summed E-state index contributed by atoms with van der Waals surface area (Å²) in [6.07, 6.45) is 7.82. The summed E-state index contributed by atoms with van der Waals surface area (Å²) in [5.74, 6) is 1.88. The van der Waals surface area contributed by atoms with Gasteiger partial charge in [-0.2, -0.15) is 0 Å². The average Bonchev–Trinajstić information content (AvgIpc) is 3.38. The Morgan fingerprint density at radius 1 is 1.11 bits per heavy atom. The first-order valence-electron chi connectivity index (χ1n) is 10.3. The van der Waals surface area contributed by atoms with Gasteiger partial charge in [-0.3, -0.25) is 4.79 Å². The van der Waals surface area contributed by atoms with Crippen LogP contribution in [0, 0.1) is 0 Å². The van der Waals surface area contributed by atoms with E-state index in [4.69, 9.17) is 9.26 Å². The molecule has 28 heavy (non-hydrogen) atoms. The maximum Gasteiger partial charge on any atom is 0.259 e. The molecule has 1 N–H and O–H groups in total. The highest BCUT2D eigenvalue weighted by atomic mass is 16.5. The summed E-state index contributed by atoms with van der Waals surface area (Å²) in [5.41, 5.74) is 1.23. The van der Waals surface area contributed by atoms with Gasteiger partial charge >= 0.3 is 0 Å². The predicted molar refractivity (Wildman–Crippen MR) is 109 cm³/mol. The number of carbonyl (C=O) groups is 1. The largest absolute Gasteiger partial charge is 0.497 e. The van der Waals surface area contributed by atoms with Gasteiger partial charge in [0.2, 0.25) is 0 Å². The van der Waals surface area contributed by atoms with Gasteiger partial charge in [-0.15, -0.1) is 0 Å². The highest BCUT2D eigenvalue weighted by Gasteiger charge is 2.34. The molecule has 0 spiro atoms. The van der Waals surface area contributed by atoms with Crippen molar-refractivity contribution in [3.8, 4) is 17.1 Å². The van der Waals surface area contributed by atoms with Crippen molar-refractivity contribution >= 4 is 11.7 Å². The molecule has 0 atom stereocenters. The third kappa shape index (κ3) is 3.73. The SMILES string of the molecule is COc1ccc(-c2onc(N3CCCC3)c2C(=O)NC2(C)CCCCC2)cc1. The number of rotatable bonds is 5. The second-order valence-electron chi connectivity index (χ2n) is 8.21. The van der Waals surface area contributed by atoms with Crippen molar-refractivity contribution in [2.24, 2.45) is 0 Å². The van der Waals surface area contributed by atoms with Crippen LogP contribution in [0.15, 0.2) is 28.8 Å². The fourth-order valence-corrected chi connectivity index (χ4v) is 4.36. The lowest BCUT2D eigenvalue weighted by molar-refractivity contribution is 0.0883. The lowest BCUT2D eigenvalue weighted by Crippen LogP contribution is -2.47. The summed E-state index contributed by atoms with van der Waals surface area (Å²) >= 11 is 0. The van der Waals surface area contributed by atoms with Gasteiger partial charge in [0.25, 0.3) is 5.91 Å². The van der Waals surface area contributed by atoms with Gasteiger partial charge in [0.1, 0.15) is 11.3 Å². The number of nitrogens with zero attached hydrogens (tertiary/aromatic N) is 2. The van der Waals surface area contributed by atoms with Crippen LogP contribution in [0.1, 0.15) is 62.2 Å². The molecule has 1 aliphatic heterocycles. The number of amides is 1. The van der Waals surface area contributed by atoms with Crippen LogP contribution >= 0.6 is 0 Å². The number of hydrogen-bond acceptors (Lipinski definition) is 5. The fourth-order valence-electron chi connectivity index (χ4n) is 4.36. The number of carbonyl (C=O) groups excluding carboxylic acids is 1. The molecule has 1 aromatic heterocycles. The molecule has 1 saturated heterocycles. The first-order valence-corrected chi connectivity index (χ1v) is 10.3. The quantitative estimate of drug-likeness (QED) is 0.829. The summed E-state index contributed by atoms with van der Waals surface area (Å²) < 4.78 is 11.0. The van der Waals surface area contributed by atoms with Gasteiger partial charge in [-0.25, -0.2) is 0 Å². The molecule has 2 aromatic rings. The molecular formula is C22H29N3O3. The van der Waals surface area contributed by atoms with Crippen molar-refractivity contribution in [3.63, 3.8) is 0 Å². The molecule has 4 rings (SSSR count). The van der Waals surface area contributed by atoms with Crippen LogP contribution in [0.4, 0.5) is 5.82 Å². The van der Waals surface area contributed by atoms with Crippen molar-refractivity contribution < 1.29 is 14.1 Å². The maximum absolute atomic E-state index is 13.4. The van der Waals surface area contributed by atoms with Gasteiger partial charge in [-0.05, 0) is 56.9 Å². The van der Waals surface area contributed by atoms with Crippen molar-refractivity contribution in [3.05, 3.63) is 29.8 Å². The van der Waals surface area contributed by atoms with E-state index >= 15 is 0 Å². The Balaban J connectivity index is 1.69. The zero-order chi connectivity index (χ0) is 19.6. The Labute approximate surface area is 166 Å². The van der Waals surface area contributed by atoms with E-state index in [9.17, 15) is 4.79 Å². The maximum atomic E-state index is 13.4. The van der Waals surface area contributed by atoms with E-state index in [0.717, 1.165) is 62.9 Å². The normalized spacial score (nSPS) is 18.9. The average molecular weight is 383 g/mol. The molecule has 1 aromatic carbocycles. The van der Waals surface area contributed by atoms with Crippen LogP contribution in [0.2, 0.25) is 0 Å². The first kappa shape index (κ1) is 18.8. The van der Waals surface area contributed by atoms with Gasteiger partial charge in [-0.1, -0.05) is 24.4 Å². The van der Waals surface area contributed by atoms with E-state index in [1.807, 2.05) is 24.3 Å². The number of anilines is 1. The lowest BCUT2D eigenvalue weighted by Gasteiger charge is -2.34. The second-order valence-corrected chi connectivity index (χ2v) is 8.21. The van der Waals surface area contributed by atoms with Crippen molar-refractivity contribution in [1.82, 2.24) is 10.5 Å². The van der Waals surface area contributed by atoms with E-state index < -0.39 is 0 Å². The van der Waals surface area contributed by atoms with Crippen LogP contribution in [-0.2, 0) is 0 Å². The standard InChI is InChI=1S/C22H29N3O3/c1-22(12-4-3-5-13-22)23-21(26)18-19(16-8-10-17(27-2)11-9-16)28-24-20(18)25-14-6-7-15-25/h8-11H,3-7,12-15H2,1-2H3,(H,23,26). The number of methoxy groups -OCH3 is 1. The molecule has 1 aliphatic carbocycles. The highest BCUT2D eigenvalue weighted by Crippen LogP contribution is 2.35. The van der Waals surface area contributed by atoms with Crippen LogP contribution < -0.4 is 15.0 Å². The lowest BCUT2D eigenvalue weighted by atomic mass is 9.83. The fraction of sp³-hybridized carbons (Fsp3) is 0.545. The Morgan fingerprint density at radius 3 is 2.43 bits per heavy atom.